The van der Waals surface area contributed by atoms with Gasteiger partial charge in [0, 0.05) is 18.2 Å². The molecule has 1 aliphatic heterocycles. The highest BCUT2D eigenvalue weighted by atomic mass is 16.5. The first-order valence-corrected chi connectivity index (χ1v) is 8.87. The molecule has 140 valence electrons. The highest BCUT2D eigenvalue weighted by Gasteiger charge is 2.24. The Balaban J connectivity index is 1.48. The highest BCUT2D eigenvalue weighted by molar-refractivity contribution is 6.06. The summed E-state index contributed by atoms with van der Waals surface area (Å²) in [6, 6.07) is 7.63. The minimum Gasteiger partial charge on any atom is -0.493 e. The molecule has 1 aliphatic rings. The van der Waals surface area contributed by atoms with E-state index in [-0.39, 0.29) is 11.8 Å². The van der Waals surface area contributed by atoms with Crippen LogP contribution in [0.3, 0.4) is 0 Å². The number of aromatic nitrogens is 2. The maximum Gasteiger partial charge on any atom is 0.258 e. The summed E-state index contributed by atoms with van der Waals surface area (Å²) in [6.07, 6.45) is 0.823. The molecule has 0 unspecified atom stereocenters. The zero-order chi connectivity index (χ0) is 19.0. The lowest BCUT2D eigenvalue weighted by Gasteiger charge is -2.26. The lowest BCUT2D eigenvalue weighted by molar-refractivity contribution is 0.0940. The molecule has 3 heterocycles. The normalized spacial score (nSPS) is 15.9. The number of nitrogens with one attached hydrogen (secondary N) is 1. The van der Waals surface area contributed by atoms with Gasteiger partial charge in [-0.2, -0.15) is 0 Å². The van der Waals surface area contributed by atoms with E-state index in [0.29, 0.717) is 41.2 Å². The summed E-state index contributed by atoms with van der Waals surface area (Å²) in [4.78, 5) is 17.1. The molecular weight excluding hydrogens is 346 g/mol. The largest absolute Gasteiger partial charge is 0.493 e. The average molecular weight is 367 g/mol. The van der Waals surface area contributed by atoms with Crippen LogP contribution in [0.1, 0.15) is 27.3 Å². The van der Waals surface area contributed by atoms with Gasteiger partial charge in [-0.15, -0.1) is 0 Å². The number of amides is 1. The Bertz CT molecular complexity index is 1010. The number of hydrogen-bond acceptors (Lipinski definition) is 6. The van der Waals surface area contributed by atoms with Gasteiger partial charge < -0.3 is 19.3 Å². The first-order chi connectivity index (χ1) is 13.1. The van der Waals surface area contributed by atoms with E-state index in [4.69, 9.17) is 14.0 Å². The van der Waals surface area contributed by atoms with Gasteiger partial charge in [-0.05, 0) is 38.0 Å². The van der Waals surface area contributed by atoms with Gasteiger partial charge in [0.2, 0.25) is 0 Å². The Morgan fingerprint density at radius 1 is 1.37 bits per heavy atom. The molecule has 1 aromatic carbocycles. The van der Waals surface area contributed by atoms with Crippen molar-refractivity contribution in [3.05, 3.63) is 46.8 Å². The van der Waals surface area contributed by atoms with Crippen LogP contribution >= 0.6 is 0 Å². The fraction of sp³-hybridized carbons (Fsp3) is 0.350. The minimum absolute atomic E-state index is 0.159. The van der Waals surface area contributed by atoms with Gasteiger partial charge in [-0.1, -0.05) is 17.3 Å². The zero-order valence-electron chi connectivity index (χ0n) is 15.5. The Hall–Kier alpha value is -3.09. The number of nitrogens with zero attached hydrogens (tertiary/aromatic N) is 2. The molecule has 1 amide bonds. The van der Waals surface area contributed by atoms with E-state index in [0.717, 1.165) is 23.5 Å². The predicted octanol–water partition coefficient (Wildman–Crippen LogP) is 2.83. The zero-order valence-corrected chi connectivity index (χ0v) is 15.5. The number of rotatable bonds is 4. The van der Waals surface area contributed by atoms with Crippen LogP contribution in [0.2, 0.25) is 0 Å². The van der Waals surface area contributed by atoms with Crippen molar-refractivity contribution < 1.29 is 18.8 Å². The maximum atomic E-state index is 12.8. The third kappa shape index (κ3) is 3.20. The van der Waals surface area contributed by atoms with E-state index < -0.39 is 0 Å². The summed E-state index contributed by atoms with van der Waals surface area (Å²) in [5.74, 6) is 1.57. The Kier molecular flexibility index (Phi) is 4.43. The molecular formula is C20H21N3O4. The first kappa shape index (κ1) is 17.3. The number of fused-ring (bicyclic) bond motifs is 2. The SMILES string of the molecule is COc1cccc2c1OC[C@@H](CNC(=O)c1cc(C)nc3onc(C)c13)C2. The van der Waals surface area contributed by atoms with E-state index in [9.17, 15) is 4.79 Å². The van der Waals surface area contributed by atoms with Crippen molar-refractivity contribution in [3.63, 3.8) is 0 Å². The fourth-order valence-corrected chi connectivity index (χ4v) is 3.48. The van der Waals surface area contributed by atoms with Crippen molar-refractivity contribution >= 4 is 17.0 Å². The monoisotopic (exact) mass is 367 g/mol. The Morgan fingerprint density at radius 3 is 3.04 bits per heavy atom. The molecule has 0 aliphatic carbocycles. The van der Waals surface area contributed by atoms with E-state index in [1.54, 1.807) is 20.1 Å². The second-order valence-electron chi connectivity index (χ2n) is 6.80. The molecule has 0 fully saturated rings. The lowest BCUT2D eigenvalue weighted by atomic mass is 9.96. The quantitative estimate of drug-likeness (QED) is 0.763. The summed E-state index contributed by atoms with van der Waals surface area (Å²) >= 11 is 0. The smallest absolute Gasteiger partial charge is 0.258 e. The minimum atomic E-state index is -0.159. The van der Waals surface area contributed by atoms with Crippen molar-refractivity contribution in [1.29, 1.82) is 0 Å². The standard InChI is InChI=1S/C20H21N3O4/c1-11-7-15(17-12(2)23-27-20(17)22-11)19(24)21-9-13-8-14-5-4-6-16(25-3)18(14)26-10-13/h4-7,13H,8-10H2,1-3H3,(H,21,24)/t13-/m1/s1. The number of pyridine rings is 1. The number of ether oxygens (including phenoxy) is 2. The lowest BCUT2D eigenvalue weighted by Crippen LogP contribution is -2.35. The number of methoxy groups -OCH3 is 1. The summed E-state index contributed by atoms with van der Waals surface area (Å²) < 4.78 is 16.4. The molecule has 27 heavy (non-hydrogen) atoms. The Labute approximate surface area is 156 Å². The molecule has 4 rings (SSSR count). The van der Waals surface area contributed by atoms with Gasteiger partial charge in [-0.3, -0.25) is 4.79 Å². The second kappa shape index (κ2) is 6.90. The number of carbonyl (C=O) groups excluding carboxylic acids is 1. The molecule has 0 spiro atoms. The molecule has 0 radical (unpaired) electrons. The summed E-state index contributed by atoms with van der Waals surface area (Å²) in [5, 5.41) is 7.60. The van der Waals surface area contributed by atoms with Gasteiger partial charge in [0.15, 0.2) is 11.5 Å². The molecule has 1 N–H and O–H groups in total. The topological polar surface area (TPSA) is 86.5 Å². The Morgan fingerprint density at radius 2 is 2.22 bits per heavy atom. The van der Waals surface area contributed by atoms with Crippen LogP contribution in [-0.4, -0.2) is 36.3 Å². The number of para-hydroxylation sites is 1. The van der Waals surface area contributed by atoms with Gasteiger partial charge in [-0.25, -0.2) is 4.98 Å². The van der Waals surface area contributed by atoms with E-state index >= 15 is 0 Å². The first-order valence-electron chi connectivity index (χ1n) is 8.87. The van der Waals surface area contributed by atoms with Gasteiger partial charge in [0.25, 0.3) is 11.6 Å². The third-order valence-corrected chi connectivity index (χ3v) is 4.79. The van der Waals surface area contributed by atoms with Crippen LogP contribution in [0.25, 0.3) is 11.1 Å². The average Bonchev–Trinajstić information content (AvgIpc) is 3.05. The van der Waals surface area contributed by atoms with Crippen molar-refractivity contribution in [1.82, 2.24) is 15.5 Å². The number of aryl methyl sites for hydroxylation is 2. The van der Waals surface area contributed by atoms with Crippen LogP contribution in [0.4, 0.5) is 0 Å². The van der Waals surface area contributed by atoms with Crippen molar-refractivity contribution in [2.45, 2.75) is 20.3 Å². The third-order valence-electron chi connectivity index (χ3n) is 4.79. The summed E-state index contributed by atoms with van der Waals surface area (Å²) in [7, 11) is 1.63. The molecule has 7 heteroatoms. The number of carbonyl (C=O) groups is 1. The molecule has 0 saturated carbocycles. The van der Waals surface area contributed by atoms with Gasteiger partial charge in [0.05, 0.1) is 30.4 Å². The van der Waals surface area contributed by atoms with Crippen LogP contribution in [0, 0.1) is 19.8 Å². The molecule has 0 saturated heterocycles. The van der Waals surface area contributed by atoms with Crippen molar-refractivity contribution in [3.8, 4) is 11.5 Å². The summed E-state index contributed by atoms with van der Waals surface area (Å²) in [6.45, 7) is 4.68. The van der Waals surface area contributed by atoms with Crippen molar-refractivity contribution in [2.24, 2.45) is 5.92 Å². The molecule has 0 bridgehead atoms. The molecule has 1 atom stereocenters. The molecule has 3 aromatic rings. The van der Waals surface area contributed by atoms with Gasteiger partial charge >= 0.3 is 0 Å². The molecule has 2 aromatic heterocycles. The van der Waals surface area contributed by atoms with E-state index in [1.165, 1.54) is 0 Å². The van der Waals surface area contributed by atoms with Crippen LogP contribution < -0.4 is 14.8 Å². The maximum absolute atomic E-state index is 12.8. The summed E-state index contributed by atoms with van der Waals surface area (Å²) in [5.41, 5.74) is 3.39. The molecule has 7 nitrogen and oxygen atoms in total. The number of hydrogen-bond donors (Lipinski definition) is 1. The predicted molar refractivity (Wildman–Crippen MR) is 99.3 cm³/mol. The highest BCUT2D eigenvalue weighted by Crippen LogP contribution is 2.35. The van der Waals surface area contributed by atoms with Crippen LogP contribution in [0.5, 0.6) is 11.5 Å². The van der Waals surface area contributed by atoms with E-state index in [1.807, 2.05) is 25.1 Å². The van der Waals surface area contributed by atoms with Gasteiger partial charge in [0.1, 0.15) is 0 Å². The second-order valence-corrected chi connectivity index (χ2v) is 6.80. The van der Waals surface area contributed by atoms with Crippen LogP contribution in [0.15, 0.2) is 28.8 Å². The van der Waals surface area contributed by atoms with Crippen molar-refractivity contribution in [2.75, 3.05) is 20.3 Å². The number of benzene rings is 1. The van der Waals surface area contributed by atoms with E-state index in [2.05, 4.69) is 15.5 Å². The van der Waals surface area contributed by atoms with Crippen LogP contribution in [-0.2, 0) is 6.42 Å². The fourth-order valence-electron chi connectivity index (χ4n) is 3.48.